The summed E-state index contributed by atoms with van der Waals surface area (Å²) in [6.07, 6.45) is 10.5. The number of unbranched alkanes of at least 4 members (excludes halogenated alkanes) is 1. The molecule has 0 spiro atoms. The first kappa shape index (κ1) is 14.2. The van der Waals surface area contributed by atoms with Crippen molar-refractivity contribution in [2.24, 2.45) is 0 Å². The second-order valence-corrected chi connectivity index (χ2v) is 4.80. The Hall–Kier alpha value is -0.910. The molecule has 0 bridgehead atoms. The lowest BCUT2D eigenvalue weighted by atomic mass is 10.0. The van der Waals surface area contributed by atoms with E-state index in [9.17, 15) is 0 Å². The topological polar surface area (TPSA) is 12.0 Å². The van der Waals surface area contributed by atoms with Crippen LogP contribution in [0.15, 0.2) is 29.2 Å². The maximum Gasteiger partial charge on any atom is 0.0331 e. The van der Waals surface area contributed by atoms with Gasteiger partial charge in [-0.3, -0.25) is 0 Å². The summed E-state index contributed by atoms with van der Waals surface area (Å²) in [6, 6.07) is 9.04. The first-order valence-corrected chi connectivity index (χ1v) is 7.35. The molecule has 2 heteroatoms. The van der Waals surface area contributed by atoms with E-state index < -0.39 is 0 Å². The fourth-order valence-corrected chi connectivity index (χ4v) is 2.64. The van der Waals surface area contributed by atoms with E-state index >= 15 is 0 Å². The molecular weight excluding hydrogens is 226 g/mol. The summed E-state index contributed by atoms with van der Waals surface area (Å²) in [5.74, 6) is 2.71. The van der Waals surface area contributed by atoms with E-state index in [0.29, 0.717) is 6.04 Å². The molecule has 1 N–H and O–H groups in total. The Kier molecular flexibility index (Phi) is 6.84. The predicted molar refractivity (Wildman–Crippen MR) is 77.3 cm³/mol. The van der Waals surface area contributed by atoms with E-state index in [1.807, 2.05) is 11.8 Å². The Morgan fingerprint density at radius 2 is 2.18 bits per heavy atom. The van der Waals surface area contributed by atoms with Crippen LogP contribution in [0.25, 0.3) is 0 Å². The summed E-state index contributed by atoms with van der Waals surface area (Å²) in [4.78, 5) is 1.36. The average Bonchev–Trinajstić information content (AvgIpc) is 2.38. The Labute approximate surface area is 109 Å². The van der Waals surface area contributed by atoms with E-state index in [1.165, 1.54) is 10.5 Å². The molecule has 1 unspecified atom stereocenters. The monoisotopic (exact) mass is 247 g/mol. The molecule has 1 aromatic carbocycles. The van der Waals surface area contributed by atoms with Crippen LogP contribution in [0.1, 0.15) is 37.8 Å². The lowest BCUT2D eigenvalue weighted by Gasteiger charge is -2.20. The molecule has 0 aliphatic heterocycles. The maximum absolute atomic E-state index is 5.31. The molecule has 1 rings (SSSR count). The predicted octanol–water partition coefficient (Wildman–Crippen LogP) is 3.86. The zero-order valence-corrected chi connectivity index (χ0v) is 11.5. The van der Waals surface area contributed by atoms with Crippen LogP contribution >= 0.6 is 11.8 Å². The Bertz CT molecular complexity index is 367. The molecule has 1 nitrogen and oxygen atoms in total. The fraction of sp³-hybridized carbons (Fsp3) is 0.467. The smallest absolute Gasteiger partial charge is 0.0331 e. The summed E-state index contributed by atoms with van der Waals surface area (Å²) in [5.41, 5.74) is 1.40. The summed E-state index contributed by atoms with van der Waals surface area (Å²) in [5, 5.41) is 3.55. The molecule has 0 aliphatic carbocycles. The molecule has 0 saturated carbocycles. The van der Waals surface area contributed by atoms with Gasteiger partial charge in [-0.05, 0) is 37.3 Å². The summed E-state index contributed by atoms with van der Waals surface area (Å²) in [6.45, 7) is 3.14. The van der Waals surface area contributed by atoms with Gasteiger partial charge in [0.05, 0.1) is 0 Å². The zero-order valence-electron chi connectivity index (χ0n) is 10.7. The van der Waals surface area contributed by atoms with E-state index in [-0.39, 0.29) is 0 Å². The van der Waals surface area contributed by atoms with E-state index in [1.54, 1.807) is 0 Å². The van der Waals surface area contributed by atoms with Gasteiger partial charge in [0, 0.05) is 17.4 Å². The van der Waals surface area contributed by atoms with Crippen molar-refractivity contribution in [2.45, 2.75) is 37.1 Å². The van der Waals surface area contributed by atoms with Crippen LogP contribution in [0.5, 0.6) is 0 Å². The van der Waals surface area contributed by atoms with Gasteiger partial charge in [0.15, 0.2) is 0 Å². The van der Waals surface area contributed by atoms with Crippen molar-refractivity contribution in [1.29, 1.82) is 0 Å². The van der Waals surface area contributed by atoms with Crippen molar-refractivity contribution >= 4 is 11.8 Å². The van der Waals surface area contributed by atoms with Crippen molar-refractivity contribution in [2.75, 3.05) is 12.8 Å². The summed E-state index contributed by atoms with van der Waals surface area (Å²) >= 11 is 1.81. The fourth-order valence-electron chi connectivity index (χ4n) is 1.98. The average molecular weight is 247 g/mol. The number of nitrogens with one attached hydrogen (secondary N) is 1. The van der Waals surface area contributed by atoms with Crippen LogP contribution in [0.4, 0.5) is 0 Å². The Morgan fingerprint density at radius 3 is 2.82 bits per heavy atom. The first-order chi connectivity index (χ1) is 8.33. The molecule has 0 aromatic heterocycles. The van der Waals surface area contributed by atoms with Gasteiger partial charge in [-0.25, -0.2) is 0 Å². The van der Waals surface area contributed by atoms with Gasteiger partial charge >= 0.3 is 0 Å². The van der Waals surface area contributed by atoms with Gasteiger partial charge in [-0.15, -0.1) is 24.1 Å². The van der Waals surface area contributed by atoms with E-state index in [4.69, 9.17) is 6.42 Å². The third kappa shape index (κ3) is 4.46. The molecule has 0 fully saturated rings. The third-order valence-electron chi connectivity index (χ3n) is 2.78. The van der Waals surface area contributed by atoms with E-state index in [0.717, 1.165) is 25.8 Å². The summed E-state index contributed by atoms with van der Waals surface area (Å²) < 4.78 is 0. The minimum Gasteiger partial charge on any atom is -0.310 e. The Morgan fingerprint density at radius 1 is 1.41 bits per heavy atom. The Balaban J connectivity index is 2.77. The minimum atomic E-state index is 0.428. The molecule has 0 heterocycles. The maximum atomic E-state index is 5.31. The van der Waals surface area contributed by atoms with Crippen LogP contribution in [0, 0.1) is 12.3 Å². The lowest BCUT2D eigenvalue weighted by molar-refractivity contribution is 0.496. The summed E-state index contributed by atoms with van der Waals surface area (Å²) in [7, 11) is 0. The molecule has 1 atom stereocenters. The van der Waals surface area contributed by atoms with Crippen molar-refractivity contribution in [1.82, 2.24) is 5.32 Å². The number of terminal acetylenes is 1. The highest BCUT2D eigenvalue weighted by Gasteiger charge is 2.12. The highest BCUT2D eigenvalue weighted by Crippen LogP contribution is 2.28. The normalized spacial score (nSPS) is 12.1. The molecule has 17 heavy (non-hydrogen) atoms. The minimum absolute atomic E-state index is 0.428. The van der Waals surface area contributed by atoms with Crippen LogP contribution in [-0.4, -0.2) is 12.8 Å². The van der Waals surface area contributed by atoms with Gasteiger partial charge in [0.2, 0.25) is 0 Å². The van der Waals surface area contributed by atoms with Crippen molar-refractivity contribution in [3.63, 3.8) is 0 Å². The quantitative estimate of drug-likeness (QED) is 0.446. The lowest BCUT2D eigenvalue weighted by Crippen LogP contribution is -2.21. The zero-order chi connectivity index (χ0) is 12.5. The second-order valence-electron chi connectivity index (χ2n) is 3.95. The standard InChI is InChI=1S/C15H21NS/c1-4-6-7-11-14(16-5-2)13-10-8-9-12-15(13)17-3/h1,8-10,12,14,16H,5-7,11H2,2-3H3. The van der Waals surface area contributed by atoms with Gasteiger partial charge in [-0.1, -0.05) is 25.1 Å². The highest BCUT2D eigenvalue weighted by molar-refractivity contribution is 7.98. The van der Waals surface area contributed by atoms with E-state index in [2.05, 4.69) is 48.7 Å². The van der Waals surface area contributed by atoms with Crippen LogP contribution in [0.3, 0.4) is 0 Å². The first-order valence-electron chi connectivity index (χ1n) is 6.13. The van der Waals surface area contributed by atoms with Crippen LogP contribution in [-0.2, 0) is 0 Å². The number of thioether (sulfide) groups is 1. The van der Waals surface area contributed by atoms with Crippen LogP contribution in [0.2, 0.25) is 0 Å². The molecule has 1 aromatic rings. The van der Waals surface area contributed by atoms with Crippen molar-refractivity contribution < 1.29 is 0 Å². The molecule has 0 aliphatic rings. The van der Waals surface area contributed by atoms with Crippen LogP contribution < -0.4 is 5.32 Å². The highest BCUT2D eigenvalue weighted by atomic mass is 32.2. The number of hydrogen-bond acceptors (Lipinski definition) is 2. The van der Waals surface area contributed by atoms with Gasteiger partial charge in [0.25, 0.3) is 0 Å². The van der Waals surface area contributed by atoms with Crippen molar-refractivity contribution in [3.05, 3.63) is 29.8 Å². The van der Waals surface area contributed by atoms with Gasteiger partial charge < -0.3 is 5.32 Å². The largest absolute Gasteiger partial charge is 0.310 e. The molecule has 92 valence electrons. The number of rotatable bonds is 7. The molecule has 0 saturated heterocycles. The number of benzene rings is 1. The molecular formula is C15H21NS. The van der Waals surface area contributed by atoms with Gasteiger partial charge in [-0.2, -0.15) is 0 Å². The third-order valence-corrected chi connectivity index (χ3v) is 3.59. The molecule has 0 radical (unpaired) electrons. The second kappa shape index (κ2) is 8.22. The van der Waals surface area contributed by atoms with Crippen molar-refractivity contribution in [3.8, 4) is 12.3 Å². The van der Waals surface area contributed by atoms with Gasteiger partial charge in [0.1, 0.15) is 0 Å². The SMILES string of the molecule is C#CCCCC(NCC)c1ccccc1SC. The molecule has 0 amide bonds. The number of hydrogen-bond donors (Lipinski definition) is 1.